The second-order valence-electron chi connectivity index (χ2n) is 8.84. The van der Waals surface area contributed by atoms with Gasteiger partial charge in [0.15, 0.2) is 0 Å². The second-order valence-corrected chi connectivity index (χ2v) is 10.8. The summed E-state index contributed by atoms with van der Waals surface area (Å²) in [4.78, 5) is 27.4. The summed E-state index contributed by atoms with van der Waals surface area (Å²) < 4.78 is 73.6. The zero-order valence-electron chi connectivity index (χ0n) is 17.9. The molecule has 2 amide bonds. The maximum Gasteiger partial charge on any atom is 0.417 e. The Balaban J connectivity index is 1.75. The number of hydrogen-bond acceptors (Lipinski definition) is 6. The van der Waals surface area contributed by atoms with Crippen LogP contribution in [0.3, 0.4) is 0 Å². The number of anilines is 1. The SMILES string of the molecule is CCS(=O)(=O)N=CC1C[C@@]2(C)O[C@]1(C)[C@@H]1C(=O)N(c3ccc(C#N)c(C(F)(F)F)c3)C(=O)[C@@H]12. The number of alkyl halides is 3. The number of sulfonamides is 1. The van der Waals surface area contributed by atoms with Gasteiger partial charge in [0.1, 0.15) is 0 Å². The molecule has 0 N–H and O–H groups in total. The summed E-state index contributed by atoms with van der Waals surface area (Å²) in [6.45, 7) is 4.66. The number of nitrogens with zero attached hydrogens (tertiary/aromatic N) is 3. The lowest BCUT2D eigenvalue weighted by atomic mass is 9.64. The predicted octanol–water partition coefficient (Wildman–Crippen LogP) is 2.67. The second kappa shape index (κ2) is 7.11. The summed E-state index contributed by atoms with van der Waals surface area (Å²) in [6, 6.07) is 4.14. The lowest BCUT2D eigenvalue weighted by Crippen LogP contribution is -2.46. The van der Waals surface area contributed by atoms with E-state index in [4.69, 9.17) is 10.00 Å². The van der Waals surface area contributed by atoms with E-state index in [0.717, 1.165) is 12.1 Å². The average molecular weight is 483 g/mol. The van der Waals surface area contributed by atoms with Crippen LogP contribution in [0.1, 0.15) is 38.3 Å². The van der Waals surface area contributed by atoms with Crippen molar-refractivity contribution in [2.75, 3.05) is 10.7 Å². The van der Waals surface area contributed by atoms with Gasteiger partial charge in [-0.2, -0.15) is 22.8 Å². The monoisotopic (exact) mass is 483 g/mol. The highest BCUT2D eigenvalue weighted by molar-refractivity contribution is 7.90. The van der Waals surface area contributed by atoms with Crippen molar-refractivity contribution in [1.29, 1.82) is 5.26 Å². The van der Waals surface area contributed by atoms with Crippen molar-refractivity contribution in [2.24, 2.45) is 22.2 Å². The van der Waals surface area contributed by atoms with E-state index in [0.29, 0.717) is 11.0 Å². The van der Waals surface area contributed by atoms with Crippen LogP contribution in [0.15, 0.2) is 22.6 Å². The first-order valence-corrected chi connectivity index (χ1v) is 11.8. The zero-order chi connectivity index (χ0) is 24.6. The van der Waals surface area contributed by atoms with Crippen molar-refractivity contribution >= 4 is 33.7 Å². The third-order valence-electron chi connectivity index (χ3n) is 6.85. The van der Waals surface area contributed by atoms with Gasteiger partial charge in [0.25, 0.3) is 10.0 Å². The van der Waals surface area contributed by atoms with E-state index in [2.05, 4.69) is 4.40 Å². The van der Waals surface area contributed by atoms with Crippen molar-refractivity contribution in [3.63, 3.8) is 0 Å². The molecule has 4 rings (SSSR count). The Kier molecular flexibility index (Phi) is 5.04. The molecule has 0 aliphatic carbocycles. The first kappa shape index (κ1) is 23.4. The third kappa shape index (κ3) is 3.36. The number of carbonyl (C=O) groups excluding carboxylic acids is 2. The lowest BCUT2D eigenvalue weighted by Gasteiger charge is -2.33. The highest BCUT2D eigenvalue weighted by Crippen LogP contribution is 2.63. The summed E-state index contributed by atoms with van der Waals surface area (Å²) in [6.07, 6.45) is -3.40. The Labute approximate surface area is 188 Å². The highest BCUT2D eigenvalue weighted by atomic mass is 32.2. The molecule has 1 unspecified atom stereocenters. The lowest BCUT2D eigenvalue weighted by molar-refractivity contribution is -0.138. The Hall–Kier alpha value is -2.78. The number of rotatable bonds is 4. The first-order valence-electron chi connectivity index (χ1n) is 10.2. The van der Waals surface area contributed by atoms with Crippen LogP contribution >= 0.6 is 0 Å². The molecule has 0 aromatic heterocycles. The third-order valence-corrected chi connectivity index (χ3v) is 8.02. The molecule has 3 aliphatic rings. The maximum absolute atomic E-state index is 13.4. The van der Waals surface area contributed by atoms with Gasteiger partial charge in [-0.05, 0) is 45.4 Å². The minimum atomic E-state index is -4.85. The molecule has 3 fully saturated rings. The summed E-state index contributed by atoms with van der Waals surface area (Å²) >= 11 is 0. The van der Waals surface area contributed by atoms with Gasteiger partial charge in [-0.15, -0.1) is 0 Å². The van der Waals surface area contributed by atoms with Gasteiger partial charge in [-0.3, -0.25) is 9.59 Å². The Morgan fingerprint density at radius 3 is 2.48 bits per heavy atom. The van der Waals surface area contributed by atoms with E-state index in [9.17, 15) is 31.2 Å². The number of fused-ring (bicyclic) bond motifs is 5. The van der Waals surface area contributed by atoms with Crippen LogP contribution in [0.2, 0.25) is 0 Å². The molecule has 1 aromatic carbocycles. The summed E-state index contributed by atoms with van der Waals surface area (Å²) in [5.41, 5.74) is -4.52. The van der Waals surface area contributed by atoms with Gasteiger partial charge >= 0.3 is 6.18 Å². The van der Waals surface area contributed by atoms with Crippen LogP contribution in [-0.4, -0.2) is 43.4 Å². The highest BCUT2D eigenvalue weighted by Gasteiger charge is 2.75. The largest absolute Gasteiger partial charge is 0.417 e. The molecule has 1 aromatic rings. The summed E-state index contributed by atoms with van der Waals surface area (Å²) in [5.74, 6) is -4.17. The summed E-state index contributed by atoms with van der Waals surface area (Å²) in [7, 11) is -3.68. The fourth-order valence-electron chi connectivity index (χ4n) is 5.30. The Morgan fingerprint density at radius 1 is 1.27 bits per heavy atom. The van der Waals surface area contributed by atoms with E-state index >= 15 is 0 Å². The molecule has 3 saturated heterocycles. The number of imide groups is 1. The van der Waals surface area contributed by atoms with E-state index in [1.54, 1.807) is 13.8 Å². The molecule has 8 nitrogen and oxygen atoms in total. The zero-order valence-corrected chi connectivity index (χ0v) is 18.7. The van der Waals surface area contributed by atoms with Crippen LogP contribution in [0, 0.1) is 29.1 Å². The smallest absolute Gasteiger partial charge is 0.367 e. The normalized spacial score (nSPS) is 33.7. The molecule has 12 heteroatoms. The van der Waals surface area contributed by atoms with Gasteiger partial charge in [-0.25, -0.2) is 13.3 Å². The molecule has 33 heavy (non-hydrogen) atoms. The Morgan fingerprint density at radius 2 is 1.91 bits per heavy atom. The van der Waals surface area contributed by atoms with Gasteiger partial charge in [0.05, 0.1) is 51.7 Å². The number of carbonyl (C=O) groups is 2. The molecule has 2 bridgehead atoms. The fraction of sp³-hybridized carbons (Fsp3) is 0.524. The molecule has 0 radical (unpaired) electrons. The minimum absolute atomic E-state index is 0.206. The average Bonchev–Trinajstić information content (AvgIpc) is 3.26. The van der Waals surface area contributed by atoms with E-state index in [1.165, 1.54) is 19.2 Å². The number of amides is 2. The van der Waals surface area contributed by atoms with Gasteiger partial charge < -0.3 is 4.74 Å². The number of hydrogen-bond donors (Lipinski definition) is 0. The van der Waals surface area contributed by atoms with Crippen LogP contribution in [0.25, 0.3) is 0 Å². The standard InChI is InChI=1S/C21H20F3N3O5S/c1-4-33(30,31)26-10-12-8-19(2)15-16(20(12,3)32-19)18(29)27(17(15)28)13-6-5-11(9-25)14(7-13)21(22,23)24/h5-7,10,12,15-16H,4,8H2,1-3H3/t12?,15-,16+,19-,20+/m1/s1. The van der Waals surface area contributed by atoms with Crippen LogP contribution in [-0.2, 0) is 30.5 Å². The van der Waals surface area contributed by atoms with E-state index < -0.39 is 68.1 Å². The van der Waals surface area contributed by atoms with Crippen molar-refractivity contribution in [2.45, 2.75) is 44.6 Å². The number of nitriles is 1. The van der Waals surface area contributed by atoms with Crippen LogP contribution < -0.4 is 4.90 Å². The minimum Gasteiger partial charge on any atom is -0.367 e. The number of ether oxygens (including phenoxy) is 1. The first-order chi connectivity index (χ1) is 15.2. The molecule has 3 heterocycles. The molecular formula is C21H20F3N3O5S. The Bertz CT molecular complexity index is 1240. The van der Waals surface area contributed by atoms with Gasteiger partial charge in [0, 0.05) is 12.1 Å². The van der Waals surface area contributed by atoms with Gasteiger partial charge in [-0.1, -0.05) is 0 Å². The molecular weight excluding hydrogens is 463 g/mol. The fourth-order valence-corrected chi connectivity index (χ4v) is 5.79. The molecule has 0 saturated carbocycles. The van der Waals surface area contributed by atoms with Crippen LogP contribution in [0.4, 0.5) is 18.9 Å². The molecule has 0 spiro atoms. The topological polar surface area (TPSA) is 117 Å². The van der Waals surface area contributed by atoms with E-state index in [1.807, 2.05) is 0 Å². The maximum atomic E-state index is 13.4. The molecule has 5 atom stereocenters. The number of benzene rings is 1. The number of halogens is 3. The summed E-state index contributed by atoms with van der Waals surface area (Å²) in [5, 5.41) is 9.00. The van der Waals surface area contributed by atoms with Crippen molar-refractivity contribution < 1.29 is 35.9 Å². The van der Waals surface area contributed by atoms with Gasteiger partial charge in [0.2, 0.25) is 11.8 Å². The molecule has 176 valence electrons. The quantitative estimate of drug-likeness (QED) is 0.480. The van der Waals surface area contributed by atoms with Crippen molar-refractivity contribution in [1.82, 2.24) is 0 Å². The predicted molar refractivity (Wildman–Crippen MR) is 110 cm³/mol. The van der Waals surface area contributed by atoms with Crippen LogP contribution in [0.5, 0.6) is 0 Å². The van der Waals surface area contributed by atoms with E-state index in [-0.39, 0.29) is 17.9 Å². The van der Waals surface area contributed by atoms with Crippen molar-refractivity contribution in [3.05, 3.63) is 29.3 Å². The molecule has 3 aliphatic heterocycles. The van der Waals surface area contributed by atoms with Crippen molar-refractivity contribution in [3.8, 4) is 6.07 Å².